The molecule has 0 saturated heterocycles. The van der Waals surface area contributed by atoms with Gasteiger partial charge in [-0.2, -0.15) is 0 Å². The van der Waals surface area contributed by atoms with Gasteiger partial charge in [0, 0.05) is 19.3 Å². The monoisotopic (exact) mass is 955 g/mol. The maximum Gasteiger partial charge on any atom is 0.306 e. The van der Waals surface area contributed by atoms with Gasteiger partial charge in [-0.15, -0.1) is 0 Å². The lowest BCUT2D eigenvalue weighted by Crippen LogP contribution is -2.30. The van der Waals surface area contributed by atoms with Crippen LogP contribution in [-0.2, 0) is 28.6 Å². The van der Waals surface area contributed by atoms with Crippen LogP contribution in [0.5, 0.6) is 0 Å². The fraction of sp³-hybridized carbons (Fsp3) is 0.635. The molecule has 6 nitrogen and oxygen atoms in total. The molecule has 0 fully saturated rings. The van der Waals surface area contributed by atoms with Crippen LogP contribution in [0.1, 0.15) is 239 Å². The zero-order chi connectivity index (χ0) is 50.0. The Morgan fingerprint density at radius 2 is 0.609 bits per heavy atom. The average Bonchev–Trinajstić information content (AvgIpc) is 3.35. The van der Waals surface area contributed by atoms with Gasteiger partial charge in [-0.05, 0) is 122 Å². The van der Waals surface area contributed by atoms with E-state index >= 15 is 0 Å². The molecule has 0 aliphatic carbocycles. The Morgan fingerprint density at radius 3 is 1.01 bits per heavy atom. The van der Waals surface area contributed by atoms with Gasteiger partial charge in [-0.25, -0.2) is 0 Å². The molecule has 1 atom stereocenters. The Morgan fingerprint density at radius 1 is 0.304 bits per heavy atom. The summed E-state index contributed by atoms with van der Waals surface area (Å²) >= 11 is 0. The van der Waals surface area contributed by atoms with E-state index in [4.69, 9.17) is 14.2 Å². The molecule has 0 heterocycles. The Hall–Kier alpha value is -4.19. The van der Waals surface area contributed by atoms with Gasteiger partial charge >= 0.3 is 17.9 Å². The number of carbonyl (C=O) groups is 3. The Labute approximate surface area is 424 Å². The van der Waals surface area contributed by atoms with Gasteiger partial charge in [-0.3, -0.25) is 14.4 Å². The SMILES string of the molecule is CC/C=C\C/C=C\C/C=C\C/C=C\C/C=C\C/C=C\C/C=C\CCCC(=O)OCC(COC(=O)CCCCCCC/C=C\CCC)OC(=O)CCCCCCCCC/C=C\C/C=C\CCCCCC. The van der Waals surface area contributed by atoms with Crippen LogP contribution < -0.4 is 0 Å². The van der Waals surface area contributed by atoms with Gasteiger partial charge in [0.25, 0.3) is 0 Å². The van der Waals surface area contributed by atoms with Gasteiger partial charge in [0.15, 0.2) is 6.10 Å². The van der Waals surface area contributed by atoms with E-state index in [1.54, 1.807) is 0 Å². The molecule has 0 aliphatic rings. The van der Waals surface area contributed by atoms with E-state index in [1.807, 2.05) is 0 Å². The quantitative estimate of drug-likeness (QED) is 0.0262. The number of hydrogen-bond acceptors (Lipinski definition) is 6. The highest BCUT2D eigenvalue weighted by Crippen LogP contribution is 2.13. The van der Waals surface area contributed by atoms with Crippen molar-refractivity contribution in [3.8, 4) is 0 Å². The highest BCUT2D eigenvalue weighted by Gasteiger charge is 2.19. The highest BCUT2D eigenvalue weighted by molar-refractivity contribution is 5.71. The zero-order valence-corrected chi connectivity index (χ0v) is 44.5. The van der Waals surface area contributed by atoms with Crippen LogP contribution in [-0.4, -0.2) is 37.2 Å². The van der Waals surface area contributed by atoms with E-state index in [0.717, 1.165) is 122 Å². The number of rotatable bonds is 49. The third-order valence-electron chi connectivity index (χ3n) is 11.4. The molecule has 0 aromatic rings. The van der Waals surface area contributed by atoms with Gasteiger partial charge in [0.05, 0.1) is 0 Å². The van der Waals surface area contributed by atoms with E-state index in [1.165, 1.54) is 70.6 Å². The predicted molar refractivity (Wildman–Crippen MR) is 297 cm³/mol. The van der Waals surface area contributed by atoms with Gasteiger partial charge in [0.2, 0.25) is 0 Å². The molecule has 0 rings (SSSR count). The standard InChI is InChI=1S/C63H102O6/c1-4-7-10-13-16-19-22-24-26-28-30-31-32-33-34-36-37-39-41-44-47-50-53-56-62(65)68-59-60(58-67-61(64)55-52-49-46-43-21-18-15-12-9-6-3)69-63(66)57-54-51-48-45-42-40-38-35-29-27-25-23-20-17-14-11-8-5-2/h7,10,12,15-16,19-20,23-24,26-27,29-31,33-34,37,39,44,47,60H,4-6,8-9,11,13-14,17-18,21-22,25,28,32,35-36,38,40-43,45-46,48-59H2,1-3H3/b10-7-,15-12-,19-16-,23-20-,26-24-,29-27-,31-30-,34-33-,39-37-,47-44-. The summed E-state index contributed by atoms with van der Waals surface area (Å²) in [7, 11) is 0. The topological polar surface area (TPSA) is 78.9 Å². The van der Waals surface area contributed by atoms with Gasteiger partial charge < -0.3 is 14.2 Å². The van der Waals surface area contributed by atoms with Crippen molar-refractivity contribution >= 4 is 17.9 Å². The molecule has 0 radical (unpaired) electrons. The molecule has 0 bridgehead atoms. The minimum atomic E-state index is -0.812. The fourth-order valence-corrected chi connectivity index (χ4v) is 7.23. The number of esters is 3. The van der Waals surface area contributed by atoms with Gasteiger partial charge in [-0.1, -0.05) is 219 Å². The van der Waals surface area contributed by atoms with Crippen molar-refractivity contribution in [1.29, 1.82) is 0 Å². The van der Waals surface area contributed by atoms with Crippen molar-refractivity contribution in [2.45, 2.75) is 245 Å². The third-order valence-corrected chi connectivity index (χ3v) is 11.4. The Kier molecular flexibility index (Phi) is 53.0. The molecule has 0 aromatic carbocycles. The van der Waals surface area contributed by atoms with Crippen molar-refractivity contribution in [2.75, 3.05) is 13.2 Å². The smallest absolute Gasteiger partial charge is 0.306 e. The predicted octanol–water partition coefficient (Wildman–Crippen LogP) is 18.9. The van der Waals surface area contributed by atoms with Crippen molar-refractivity contribution in [3.05, 3.63) is 122 Å². The van der Waals surface area contributed by atoms with Crippen molar-refractivity contribution in [1.82, 2.24) is 0 Å². The summed E-state index contributed by atoms with van der Waals surface area (Å²) in [6, 6.07) is 0. The Bertz CT molecular complexity index is 1470. The van der Waals surface area contributed by atoms with Crippen LogP contribution in [0.4, 0.5) is 0 Å². The summed E-state index contributed by atoms with van der Waals surface area (Å²) in [5.74, 6) is -0.991. The lowest BCUT2D eigenvalue weighted by Gasteiger charge is -2.18. The second kappa shape index (κ2) is 56.4. The molecule has 69 heavy (non-hydrogen) atoms. The van der Waals surface area contributed by atoms with Gasteiger partial charge in [0.1, 0.15) is 13.2 Å². The number of ether oxygens (including phenoxy) is 3. The fourth-order valence-electron chi connectivity index (χ4n) is 7.23. The molecule has 390 valence electrons. The van der Waals surface area contributed by atoms with Crippen molar-refractivity contribution in [2.24, 2.45) is 0 Å². The molecule has 0 N–H and O–H groups in total. The molecule has 0 amide bonds. The molecular formula is C63H102O6. The number of allylic oxidation sites excluding steroid dienone is 20. The molecule has 0 saturated carbocycles. The first-order valence-corrected chi connectivity index (χ1v) is 28.0. The second-order valence-electron chi connectivity index (χ2n) is 18.1. The first-order chi connectivity index (χ1) is 34.0. The van der Waals surface area contributed by atoms with Crippen molar-refractivity contribution < 1.29 is 28.6 Å². The van der Waals surface area contributed by atoms with E-state index in [0.29, 0.717) is 19.3 Å². The summed E-state index contributed by atoms with van der Waals surface area (Å²) < 4.78 is 16.8. The largest absolute Gasteiger partial charge is 0.462 e. The van der Waals surface area contributed by atoms with Crippen LogP contribution in [0.15, 0.2) is 122 Å². The number of carbonyl (C=O) groups excluding carboxylic acids is 3. The molecule has 0 aromatic heterocycles. The highest BCUT2D eigenvalue weighted by atomic mass is 16.6. The lowest BCUT2D eigenvalue weighted by atomic mass is 10.1. The average molecular weight is 956 g/mol. The summed E-state index contributed by atoms with van der Waals surface area (Å²) in [4.78, 5) is 38.0. The number of hydrogen-bond donors (Lipinski definition) is 0. The van der Waals surface area contributed by atoms with E-state index in [-0.39, 0.29) is 37.5 Å². The molecule has 1 unspecified atom stereocenters. The van der Waals surface area contributed by atoms with Crippen LogP contribution in [0, 0.1) is 0 Å². The van der Waals surface area contributed by atoms with Crippen molar-refractivity contribution in [3.63, 3.8) is 0 Å². The third kappa shape index (κ3) is 54.6. The summed E-state index contributed by atoms with van der Waals surface area (Å²) in [6.45, 7) is 6.37. The van der Waals surface area contributed by atoms with E-state index in [2.05, 4.69) is 142 Å². The summed E-state index contributed by atoms with van der Waals surface area (Å²) in [6.07, 6.45) is 77.7. The summed E-state index contributed by atoms with van der Waals surface area (Å²) in [5.41, 5.74) is 0. The first kappa shape index (κ1) is 64.8. The summed E-state index contributed by atoms with van der Waals surface area (Å²) in [5, 5.41) is 0. The number of unbranched alkanes of at least 4 members (excludes halogenated alkanes) is 18. The lowest BCUT2D eigenvalue weighted by molar-refractivity contribution is -0.167. The molecular weight excluding hydrogens is 853 g/mol. The molecule has 6 heteroatoms. The first-order valence-electron chi connectivity index (χ1n) is 28.0. The maximum atomic E-state index is 12.8. The normalized spacial score (nSPS) is 13.0. The maximum absolute atomic E-state index is 12.8. The second-order valence-corrected chi connectivity index (χ2v) is 18.1. The zero-order valence-electron chi connectivity index (χ0n) is 44.5. The van der Waals surface area contributed by atoms with E-state index in [9.17, 15) is 14.4 Å². The van der Waals surface area contributed by atoms with Crippen LogP contribution in [0.25, 0.3) is 0 Å². The van der Waals surface area contributed by atoms with Crippen LogP contribution in [0.3, 0.4) is 0 Å². The van der Waals surface area contributed by atoms with Crippen LogP contribution in [0.2, 0.25) is 0 Å². The molecule has 0 aliphatic heterocycles. The minimum absolute atomic E-state index is 0.107. The minimum Gasteiger partial charge on any atom is -0.462 e. The van der Waals surface area contributed by atoms with E-state index < -0.39 is 6.10 Å². The molecule has 0 spiro atoms. The Balaban J connectivity index is 4.45. The van der Waals surface area contributed by atoms with Crippen LogP contribution >= 0.6 is 0 Å².